The summed E-state index contributed by atoms with van der Waals surface area (Å²) in [5.74, 6) is 0.714. The third-order valence-corrected chi connectivity index (χ3v) is 3.21. The molecule has 0 spiro atoms. The number of rotatable bonds is 5. The number of hydrogen-bond acceptors (Lipinski definition) is 2. The van der Waals surface area contributed by atoms with Gasteiger partial charge in [-0.2, -0.15) is 0 Å². The van der Waals surface area contributed by atoms with E-state index in [2.05, 4.69) is 30.3 Å². The standard InChI is InChI=1S/C17H21NO/c1-6-15(11(2)3)16-9-12(4)18-10-17(16)13(5)19-14-7-8-14/h6,9-10,14H,2,5,7-8H2,1,3-4H3/b15-6-. The molecule has 1 fully saturated rings. The summed E-state index contributed by atoms with van der Waals surface area (Å²) in [5.41, 5.74) is 5.22. The second kappa shape index (κ2) is 5.43. The molecule has 0 saturated heterocycles. The Balaban J connectivity index is 2.42. The molecule has 0 radical (unpaired) electrons. The van der Waals surface area contributed by atoms with Crippen LogP contribution in [-0.4, -0.2) is 11.1 Å². The van der Waals surface area contributed by atoms with Gasteiger partial charge in [0.2, 0.25) is 0 Å². The second-order valence-electron chi connectivity index (χ2n) is 5.09. The SMILES string of the molecule is C=C(C)/C(=C/C)c1cc(C)ncc1C(=C)OC1CC1. The third-order valence-electron chi connectivity index (χ3n) is 3.21. The van der Waals surface area contributed by atoms with E-state index < -0.39 is 0 Å². The van der Waals surface area contributed by atoms with Crippen molar-refractivity contribution in [2.45, 2.75) is 39.7 Å². The quantitative estimate of drug-likeness (QED) is 0.570. The van der Waals surface area contributed by atoms with Gasteiger partial charge in [-0.15, -0.1) is 0 Å². The van der Waals surface area contributed by atoms with Crippen LogP contribution in [-0.2, 0) is 4.74 Å². The fourth-order valence-electron chi connectivity index (χ4n) is 2.09. The lowest BCUT2D eigenvalue weighted by molar-refractivity contribution is 0.262. The first-order chi connectivity index (χ1) is 9.02. The average molecular weight is 255 g/mol. The highest BCUT2D eigenvalue weighted by atomic mass is 16.5. The molecule has 0 unspecified atom stereocenters. The number of aryl methyl sites for hydroxylation is 1. The first kappa shape index (κ1) is 13.6. The number of allylic oxidation sites excluding steroid dienone is 3. The van der Waals surface area contributed by atoms with E-state index in [4.69, 9.17) is 4.74 Å². The first-order valence-corrected chi connectivity index (χ1v) is 6.68. The highest BCUT2D eigenvalue weighted by Gasteiger charge is 2.25. The van der Waals surface area contributed by atoms with Gasteiger partial charge in [0.1, 0.15) is 5.76 Å². The van der Waals surface area contributed by atoms with Crippen LogP contribution in [0.2, 0.25) is 0 Å². The average Bonchev–Trinajstić information content (AvgIpc) is 3.13. The van der Waals surface area contributed by atoms with Crippen molar-refractivity contribution in [1.29, 1.82) is 0 Å². The van der Waals surface area contributed by atoms with E-state index in [0.717, 1.165) is 40.8 Å². The predicted octanol–water partition coefficient (Wildman–Crippen LogP) is 4.52. The molecule has 1 aromatic rings. The van der Waals surface area contributed by atoms with E-state index in [-0.39, 0.29) is 0 Å². The number of nitrogens with zero attached hydrogens (tertiary/aromatic N) is 1. The Labute approximate surface area is 115 Å². The minimum absolute atomic E-state index is 0.348. The lowest BCUT2D eigenvalue weighted by atomic mass is 9.95. The molecule has 0 atom stereocenters. The summed E-state index contributed by atoms with van der Waals surface area (Å²) >= 11 is 0. The zero-order chi connectivity index (χ0) is 14.0. The van der Waals surface area contributed by atoms with Crippen LogP contribution in [0.15, 0.2) is 37.1 Å². The molecule has 2 heteroatoms. The monoisotopic (exact) mass is 255 g/mol. The summed E-state index contributed by atoms with van der Waals surface area (Å²) in [6, 6.07) is 2.07. The Bertz CT molecular complexity index is 550. The molecule has 0 aromatic carbocycles. The van der Waals surface area contributed by atoms with Crippen molar-refractivity contribution < 1.29 is 4.74 Å². The number of ether oxygens (including phenoxy) is 1. The van der Waals surface area contributed by atoms with Gasteiger partial charge in [0.05, 0.1) is 6.10 Å². The smallest absolute Gasteiger partial charge is 0.121 e. The van der Waals surface area contributed by atoms with Crippen LogP contribution in [0, 0.1) is 6.92 Å². The Morgan fingerprint density at radius 2 is 2.05 bits per heavy atom. The summed E-state index contributed by atoms with van der Waals surface area (Å²) in [6.07, 6.45) is 6.53. The van der Waals surface area contributed by atoms with Crippen LogP contribution in [0.1, 0.15) is 43.5 Å². The van der Waals surface area contributed by atoms with Gasteiger partial charge in [-0.3, -0.25) is 4.98 Å². The van der Waals surface area contributed by atoms with Crippen molar-refractivity contribution in [3.63, 3.8) is 0 Å². The summed E-state index contributed by atoms with van der Waals surface area (Å²) < 4.78 is 5.81. The zero-order valence-corrected chi connectivity index (χ0v) is 12.0. The molecule has 0 amide bonds. The molecular formula is C17H21NO. The summed E-state index contributed by atoms with van der Waals surface area (Å²) in [7, 11) is 0. The normalized spacial score (nSPS) is 15.2. The van der Waals surface area contributed by atoms with Gasteiger partial charge in [0.25, 0.3) is 0 Å². The van der Waals surface area contributed by atoms with Crippen molar-refractivity contribution in [3.8, 4) is 0 Å². The van der Waals surface area contributed by atoms with Crippen molar-refractivity contribution in [1.82, 2.24) is 4.98 Å². The molecule has 0 bridgehead atoms. The van der Waals surface area contributed by atoms with Crippen LogP contribution in [0.5, 0.6) is 0 Å². The number of pyridine rings is 1. The van der Waals surface area contributed by atoms with Crippen LogP contribution in [0.4, 0.5) is 0 Å². The van der Waals surface area contributed by atoms with Crippen LogP contribution in [0.25, 0.3) is 11.3 Å². The fourth-order valence-corrected chi connectivity index (χ4v) is 2.09. The molecule has 1 aliphatic carbocycles. The summed E-state index contributed by atoms with van der Waals surface area (Å²) in [5, 5.41) is 0. The minimum atomic E-state index is 0.348. The maximum atomic E-state index is 5.81. The third kappa shape index (κ3) is 3.14. The lowest BCUT2D eigenvalue weighted by Crippen LogP contribution is -2.00. The van der Waals surface area contributed by atoms with Gasteiger partial charge in [-0.05, 0) is 50.8 Å². The van der Waals surface area contributed by atoms with Gasteiger partial charge in [-0.25, -0.2) is 0 Å². The molecule has 2 rings (SSSR count). The highest BCUT2D eigenvalue weighted by molar-refractivity contribution is 5.84. The summed E-state index contributed by atoms with van der Waals surface area (Å²) in [6.45, 7) is 14.1. The molecule has 0 aliphatic heterocycles. The van der Waals surface area contributed by atoms with E-state index in [1.165, 1.54) is 0 Å². The maximum absolute atomic E-state index is 5.81. The topological polar surface area (TPSA) is 22.1 Å². The van der Waals surface area contributed by atoms with Crippen molar-refractivity contribution in [2.75, 3.05) is 0 Å². The van der Waals surface area contributed by atoms with Crippen molar-refractivity contribution in [2.24, 2.45) is 0 Å². The van der Waals surface area contributed by atoms with Crippen LogP contribution in [0.3, 0.4) is 0 Å². The highest BCUT2D eigenvalue weighted by Crippen LogP contribution is 2.33. The number of hydrogen-bond donors (Lipinski definition) is 0. The molecule has 1 saturated carbocycles. The van der Waals surface area contributed by atoms with Crippen LogP contribution < -0.4 is 0 Å². The molecule has 1 heterocycles. The van der Waals surface area contributed by atoms with Crippen LogP contribution >= 0.6 is 0 Å². The number of aromatic nitrogens is 1. The van der Waals surface area contributed by atoms with Gasteiger partial charge in [0.15, 0.2) is 0 Å². The van der Waals surface area contributed by atoms with E-state index in [1.807, 2.05) is 27.0 Å². The van der Waals surface area contributed by atoms with Gasteiger partial charge in [0, 0.05) is 17.5 Å². The Hall–Kier alpha value is -1.83. The lowest BCUT2D eigenvalue weighted by Gasteiger charge is -2.16. The Morgan fingerprint density at radius 1 is 1.37 bits per heavy atom. The maximum Gasteiger partial charge on any atom is 0.121 e. The van der Waals surface area contributed by atoms with Crippen molar-refractivity contribution >= 4 is 11.3 Å². The van der Waals surface area contributed by atoms with E-state index in [9.17, 15) is 0 Å². The Kier molecular flexibility index (Phi) is 3.89. The van der Waals surface area contributed by atoms with E-state index in [1.54, 1.807) is 0 Å². The first-order valence-electron chi connectivity index (χ1n) is 6.68. The van der Waals surface area contributed by atoms with Gasteiger partial charge in [-0.1, -0.05) is 24.8 Å². The van der Waals surface area contributed by atoms with E-state index in [0.29, 0.717) is 11.9 Å². The predicted molar refractivity (Wildman–Crippen MR) is 80.6 cm³/mol. The zero-order valence-electron chi connectivity index (χ0n) is 12.0. The largest absolute Gasteiger partial charge is 0.490 e. The van der Waals surface area contributed by atoms with Gasteiger partial charge < -0.3 is 4.74 Å². The minimum Gasteiger partial charge on any atom is -0.490 e. The molecule has 100 valence electrons. The Morgan fingerprint density at radius 3 is 2.58 bits per heavy atom. The molecule has 1 aliphatic rings. The molecule has 1 aromatic heterocycles. The second-order valence-corrected chi connectivity index (χ2v) is 5.09. The fraction of sp³-hybridized carbons (Fsp3) is 0.353. The molecule has 2 nitrogen and oxygen atoms in total. The molecule has 0 N–H and O–H groups in total. The molecular weight excluding hydrogens is 234 g/mol. The van der Waals surface area contributed by atoms with Crippen molar-refractivity contribution in [3.05, 3.63) is 53.9 Å². The summed E-state index contributed by atoms with van der Waals surface area (Å²) in [4.78, 5) is 4.37. The van der Waals surface area contributed by atoms with E-state index >= 15 is 0 Å². The van der Waals surface area contributed by atoms with Gasteiger partial charge >= 0.3 is 0 Å². The molecule has 19 heavy (non-hydrogen) atoms.